The molecular formula is C24H31N3O3. The van der Waals surface area contributed by atoms with Crippen LogP contribution in [0.4, 0.5) is 0 Å². The Hall–Kier alpha value is -2.44. The van der Waals surface area contributed by atoms with E-state index in [0.29, 0.717) is 18.7 Å². The van der Waals surface area contributed by atoms with Gasteiger partial charge in [0.25, 0.3) is 5.91 Å². The average Bonchev–Trinajstić information content (AvgIpc) is 2.75. The van der Waals surface area contributed by atoms with Crippen molar-refractivity contribution < 1.29 is 14.3 Å². The van der Waals surface area contributed by atoms with Crippen molar-refractivity contribution in [2.75, 3.05) is 26.2 Å². The number of ether oxygens (including phenoxy) is 2. The van der Waals surface area contributed by atoms with Crippen molar-refractivity contribution in [3.05, 3.63) is 59.9 Å². The minimum atomic E-state index is 0.0615. The molecule has 2 saturated heterocycles. The van der Waals surface area contributed by atoms with Crippen molar-refractivity contribution in [2.24, 2.45) is 0 Å². The first-order valence-corrected chi connectivity index (χ1v) is 10.9. The highest BCUT2D eigenvalue weighted by atomic mass is 16.5. The number of pyridine rings is 1. The zero-order valence-corrected chi connectivity index (χ0v) is 17.9. The van der Waals surface area contributed by atoms with Crippen LogP contribution in [0.1, 0.15) is 42.7 Å². The summed E-state index contributed by atoms with van der Waals surface area (Å²) in [4.78, 5) is 21.5. The van der Waals surface area contributed by atoms with Crippen LogP contribution in [0, 0.1) is 0 Å². The molecule has 6 nitrogen and oxygen atoms in total. The normalized spacial score (nSPS) is 23.3. The fourth-order valence-electron chi connectivity index (χ4n) is 4.30. The van der Waals surface area contributed by atoms with E-state index in [2.05, 4.69) is 16.0 Å². The number of benzene rings is 1. The Bertz CT molecular complexity index is 809. The molecular weight excluding hydrogens is 378 g/mol. The summed E-state index contributed by atoms with van der Waals surface area (Å²) in [6.45, 7) is 8.19. The molecule has 0 N–H and O–H groups in total. The van der Waals surface area contributed by atoms with E-state index in [1.165, 1.54) is 0 Å². The van der Waals surface area contributed by atoms with Gasteiger partial charge in [0, 0.05) is 44.5 Å². The minimum Gasteiger partial charge on any atom is -0.490 e. The summed E-state index contributed by atoms with van der Waals surface area (Å²) >= 11 is 0. The van der Waals surface area contributed by atoms with Gasteiger partial charge in [0.2, 0.25) is 0 Å². The number of morpholine rings is 1. The summed E-state index contributed by atoms with van der Waals surface area (Å²) in [6, 6.07) is 13.6. The van der Waals surface area contributed by atoms with Crippen molar-refractivity contribution in [3.63, 3.8) is 0 Å². The summed E-state index contributed by atoms with van der Waals surface area (Å²) < 4.78 is 11.9. The van der Waals surface area contributed by atoms with E-state index in [0.717, 1.165) is 43.9 Å². The molecule has 6 heteroatoms. The van der Waals surface area contributed by atoms with E-state index in [9.17, 15) is 4.79 Å². The number of carbonyl (C=O) groups excluding carboxylic acids is 1. The third kappa shape index (κ3) is 5.37. The molecule has 0 unspecified atom stereocenters. The first-order chi connectivity index (χ1) is 14.6. The molecule has 0 aliphatic carbocycles. The van der Waals surface area contributed by atoms with Gasteiger partial charge in [-0.25, -0.2) is 0 Å². The van der Waals surface area contributed by atoms with E-state index in [-0.39, 0.29) is 24.2 Å². The quantitative estimate of drug-likeness (QED) is 0.758. The second kappa shape index (κ2) is 9.58. The number of nitrogens with zero attached hydrogens (tertiary/aromatic N) is 3. The lowest BCUT2D eigenvalue weighted by molar-refractivity contribution is -0.0586. The van der Waals surface area contributed by atoms with Gasteiger partial charge in [-0.05, 0) is 63.1 Å². The Kier molecular flexibility index (Phi) is 6.65. The summed E-state index contributed by atoms with van der Waals surface area (Å²) in [5.74, 6) is 0.893. The van der Waals surface area contributed by atoms with Crippen LogP contribution in [0.2, 0.25) is 0 Å². The van der Waals surface area contributed by atoms with Crippen LogP contribution in [0.25, 0.3) is 0 Å². The monoisotopic (exact) mass is 409 g/mol. The Labute approximate surface area is 178 Å². The molecule has 0 radical (unpaired) electrons. The van der Waals surface area contributed by atoms with Crippen molar-refractivity contribution in [2.45, 2.75) is 51.5 Å². The van der Waals surface area contributed by atoms with E-state index in [4.69, 9.17) is 9.47 Å². The van der Waals surface area contributed by atoms with Crippen molar-refractivity contribution in [1.29, 1.82) is 0 Å². The number of hydrogen-bond donors (Lipinski definition) is 0. The Morgan fingerprint density at radius 2 is 1.77 bits per heavy atom. The molecule has 2 aliphatic heterocycles. The lowest BCUT2D eigenvalue weighted by Crippen LogP contribution is -2.48. The molecule has 0 bridgehead atoms. The maximum Gasteiger partial charge on any atom is 0.254 e. The molecule has 1 aromatic heterocycles. The highest BCUT2D eigenvalue weighted by Crippen LogP contribution is 2.22. The number of aromatic nitrogens is 1. The Morgan fingerprint density at radius 3 is 2.40 bits per heavy atom. The lowest BCUT2D eigenvalue weighted by atomic mass is 10.1. The number of hydrogen-bond acceptors (Lipinski definition) is 5. The van der Waals surface area contributed by atoms with Crippen LogP contribution in [-0.2, 0) is 11.3 Å². The fourth-order valence-corrected chi connectivity index (χ4v) is 4.30. The van der Waals surface area contributed by atoms with Gasteiger partial charge in [-0.2, -0.15) is 0 Å². The average molecular weight is 410 g/mol. The van der Waals surface area contributed by atoms with Crippen LogP contribution in [-0.4, -0.2) is 65.2 Å². The number of carbonyl (C=O) groups is 1. The molecule has 1 aromatic carbocycles. The first-order valence-electron chi connectivity index (χ1n) is 10.9. The highest BCUT2D eigenvalue weighted by Gasteiger charge is 2.27. The summed E-state index contributed by atoms with van der Waals surface area (Å²) in [5.41, 5.74) is 1.81. The molecule has 2 aromatic rings. The predicted molar refractivity (Wildman–Crippen MR) is 116 cm³/mol. The molecule has 0 spiro atoms. The maximum atomic E-state index is 12.8. The summed E-state index contributed by atoms with van der Waals surface area (Å²) in [5, 5.41) is 0. The number of piperidine rings is 1. The molecule has 30 heavy (non-hydrogen) atoms. The topological polar surface area (TPSA) is 54.9 Å². The van der Waals surface area contributed by atoms with Gasteiger partial charge in [-0.1, -0.05) is 6.07 Å². The van der Waals surface area contributed by atoms with E-state index in [1.807, 2.05) is 61.3 Å². The smallest absolute Gasteiger partial charge is 0.254 e. The predicted octanol–water partition coefficient (Wildman–Crippen LogP) is 3.37. The van der Waals surface area contributed by atoms with Gasteiger partial charge in [0.1, 0.15) is 11.9 Å². The van der Waals surface area contributed by atoms with Crippen LogP contribution in [0.15, 0.2) is 48.7 Å². The highest BCUT2D eigenvalue weighted by molar-refractivity contribution is 5.94. The number of likely N-dealkylation sites (tertiary alicyclic amines) is 1. The third-order valence-corrected chi connectivity index (χ3v) is 5.76. The molecule has 2 atom stereocenters. The Morgan fingerprint density at radius 1 is 1.07 bits per heavy atom. The second-order valence-electron chi connectivity index (χ2n) is 8.41. The largest absolute Gasteiger partial charge is 0.490 e. The third-order valence-electron chi connectivity index (χ3n) is 5.76. The number of rotatable bonds is 5. The minimum absolute atomic E-state index is 0.0615. The SMILES string of the molecule is C[C@@H]1CN(C(=O)c2ccc(OC3CCN(Cc4ccccn4)CC3)cc2)C[C@H](C)O1. The van der Waals surface area contributed by atoms with Crippen LogP contribution in [0.3, 0.4) is 0 Å². The van der Waals surface area contributed by atoms with Gasteiger partial charge < -0.3 is 14.4 Å². The molecule has 2 fully saturated rings. The zero-order valence-electron chi connectivity index (χ0n) is 17.9. The van der Waals surface area contributed by atoms with Crippen molar-refractivity contribution in [1.82, 2.24) is 14.8 Å². The zero-order chi connectivity index (χ0) is 20.9. The summed E-state index contributed by atoms with van der Waals surface area (Å²) in [7, 11) is 0. The van der Waals surface area contributed by atoms with E-state index in [1.54, 1.807) is 0 Å². The molecule has 160 valence electrons. The lowest BCUT2D eigenvalue weighted by Gasteiger charge is -2.35. The first kappa shape index (κ1) is 20.8. The fraction of sp³-hybridized carbons (Fsp3) is 0.500. The van der Waals surface area contributed by atoms with Gasteiger partial charge >= 0.3 is 0 Å². The molecule has 2 aliphatic rings. The molecule has 0 saturated carbocycles. The van der Waals surface area contributed by atoms with Gasteiger partial charge in [-0.15, -0.1) is 0 Å². The molecule has 4 rings (SSSR count). The summed E-state index contributed by atoms with van der Waals surface area (Å²) in [6.07, 6.45) is 4.20. The van der Waals surface area contributed by atoms with Gasteiger partial charge in [0.15, 0.2) is 0 Å². The second-order valence-corrected chi connectivity index (χ2v) is 8.41. The van der Waals surface area contributed by atoms with E-state index < -0.39 is 0 Å². The van der Waals surface area contributed by atoms with Crippen LogP contribution < -0.4 is 4.74 Å². The standard InChI is InChI=1S/C24H31N3O3/c1-18-15-27(16-19(2)29-18)24(28)20-6-8-22(9-7-20)30-23-10-13-26(14-11-23)17-21-5-3-4-12-25-21/h3-9,12,18-19,23H,10-11,13-17H2,1-2H3/t18-,19+. The molecule has 1 amide bonds. The maximum absolute atomic E-state index is 12.8. The number of amides is 1. The Balaban J connectivity index is 1.26. The van der Waals surface area contributed by atoms with Crippen LogP contribution in [0.5, 0.6) is 5.75 Å². The van der Waals surface area contributed by atoms with Crippen molar-refractivity contribution >= 4 is 5.91 Å². The van der Waals surface area contributed by atoms with E-state index >= 15 is 0 Å². The molecule has 3 heterocycles. The van der Waals surface area contributed by atoms with Gasteiger partial charge in [0.05, 0.1) is 17.9 Å². The van der Waals surface area contributed by atoms with Gasteiger partial charge in [-0.3, -0.25) is 14.7 Å². The van der Waals surface area contributed by atoms with Crippen molar-refractivity contribution in [3.8, 4) is 5.75 Å². The van der Waals surface area contributed by atoms with Crippen LogP contribution >= 0.6 is 0 Å².